The number of hydrogen-bond acceptors (Lipinski definition) is 3. The Morgan fingerprint density at radius 1 is 1.20 bits per heavy atom. The summed E-state index contributed by atoms with van der Waals surface area (Å²) in [5.41, 5.74) is 0.342. The van der Waals surface area contributed by atoms with Gasteiger partial charge in [0.05, 0.1) is 0 Å². The summed E-state index contributed by atoms with van der Waals surface area (Å²) in [5, 5.41) is 3.41. The van der Waals surface area contributed by atoms with E-state index in [9.17, 15) is 14.4 Å². The number of nitrogens with one attached hydrogen (secondary N) is 1. The van der Waals surface area contributed by atoms with Crippen LogP contribution in [0.3, 0.4) is 0 Å². The van der Waals surface area contributed by atoms with Crippen molar-refractivity contribution < 1.29 is 14.4 Å². The van der Waals surface area contributed by atoms with Crippen molar-refractivity contribution in [3.8, 4) is 0 Å². The van der Waals surface area contributed by atoms with Crippen LogP contribution in [0.4, 0.5) is 0 Å². The molecule has 25 heavy (non-hydrogen) atoms. The number of hydrogen-bond donors (Lipinski definition) is 1. The fourth-order valence-corrected chi connectivity index (χ4v) is 3.41. The van der Waals surface area contributed by atoms with Gasteiger partial charge in [-0.25, -0.2) is 0 Å². The van der Waals surface area contributed by atoms with E-state index < -0.39 is 12.1 Å². The Balaban J connectivity index is 2.12. The Hall–Kier alpha value is -1.79. The molecule has 136 valence electrons. The normalized spacial score (nSPS) is 18.0. The number of rotatable bonds is 4. The minimum atomic E-state index is -0.652. The summed E-state index contributed by atoms with van der Waals surface area (Å²) in [7, 11) is 3.25. The number of halogens is 2. The topological polar surface area (TPSA) is 69.7 Å². The van der Waals surface area contributed by atoms with E-state index >= 15 is 0 Å². The van der Waals surface area contributed by atoms with E-state index in [2.05, 4.69) is 5.32 Å². The van der Waals surface area contributed by atoms with Gasteiger partial charge in [0.25, 0.3) is 5.91 Å². The molecule has 6 nitrogen and oxygen atoms in total. The van der Waals surface area contributed by atoms with Gasteiger partial charge in [-0.15, -0.1) is 0 Å². The van der Waals surface area contributed by atoms with E-state index in [0.717, 1.165) is 0 Å². The molecule has 2 rings (SSSR count). The van der Waals surface area contributed by atoms with Gasteiger partial charge in [0.2, 0.25) is 11.8 Å². The molecule has 0 radical (unpaired) electrons. The average Bonchev–Trinajstić information content (AvgIpc) is 3.01. The second kappa shape index (κ2) is 8.06. The number of carbonyl (C=O) groups is 3. The maximum atomic E-state index is 12.7. The summed E-state index contributed by atoms with van der Waals surface area (Å²) in [6, 6.07) is 3.34. The van der Waals surface area contributed by atoms with Crippen molar-refractivity contribution in [1.29, 1.82) is 0 Å². The minimum absolute atomic E-state index is 0.203. The SMILES string of the molecule is CC(NC(=O)C1CCCN1C(=O)c1cc(Cl)cc(Cl)c1)C(=O)N(C)C. The summed E-state index contributed by atoms with van der Waals surface area (Å²) in [6.07, 6.45) is 1.27. The highest BCUT2D eigenvalue weighted by molar-refractivity contribution is 6.35. The van der Waals surface area contributed by atoms with Crippen molar-refractivity contribution in [3.05, 3.63) is 33.8 Å². The maximum Gasteiger partial charge on any atom is 0.254 e. The Morgan fingerprint density at radius 2 is 1.80 bits per heavy atom. The zero-order valence-electron chi connectivity index (χ0n) is 14.4. The first-order valence-electron chi connectivity index (χ1n) is 7.99. The molecule has 3 amide bonds. The summed E-state index contributed by atoms with van der Waals surface area (Å²) in [4.78, 5) is 40.1. The van der Waals surface area contributed by atoms with Crippen LogP contribution in [0.5, 0.6) is 0 Å². The van der Waals surface area contributed by atoms with Gasteiger partial charge in [0.1, 0.15) is 12.1 Å². The van der Waals surface area contributed by atoms with Crippen molar-refractivity contribution >= 4 is 40.9 Å². The molecule has 0 bridgehead atoms. The molecule has 2 unspecified atom stereocenters. The molecule has 1 fully saturated rings. The lowest BCUT2D eigenvalue weighted by Crippen LogP contribution is -2.51. The predicted octanol–water partition coefficient (Wildman–Crippen LogP) is 2.19. The quantitative estimate of drug-likeness (QED) is 0.863. The number of benzene rings is 1. The monoisotopic (exact) mass is 385 g/mol. The summed E-state index contributed by atoms with van der Waals surface area (Å²) < 4.78 is 0. The Labute approximate surface area is 157 Å². The van der Waals surface area contributed by atoms with Crippen molar-refractivity contribution in [3.63, 3.8) is 0 Å². The van der Waals surface area contributed by atoms with Gasteiger partial charge < -0.3 is 15.1 Å². The van der Waals surface area contributed by atoms with E-state index in [0.29, 0.717) is 35.0 Å². The first-order chi connectivity index (χ1) is 11.7. The fraction of sp³-hybridized carbons (Fsp3) is 0.471. The fourth-order valence-electron chi connectivity index (χ4n) is 2.88. The van der Waals surface area contributed by atoms with Gasteiger partial charge in [-0.05, 0) is 38.0 Å². The molecule has 1 heterocycles. The molecule has 1 aromatic carbocycles. The highest BCUT2D eigenvalue weighted by atomic mass is 35.5. The molecule has 0 spiro atoms. The molecular formula is C17H21Cl2N3O3. The number of likely N-dealkylation sites (tertiary alicyclic amines) is 1. The largest absolute Gasteiger partial charge is 0.347 e. The molecule has 8 heteroatoms. The smallest absolute Gasteiger partial charge is 0.254 e. The molecule has 1 N–H and O–H groups in total. The summed E-state index contributed by atoms with van der Waals surface area (Å²) >= 11 is 11.9. The zero-order chi connectivity index (χ0) is 18.7. The van der Waals surface area contributed by atoms with Crippen molar-refractivity contribution in [2.75, 3.05) is 20.6 Å². The zero-order valence-corrected chi connectivity index (χ0v) is 15.9. The number of amides is 3. The van der Waals surface area contributed by atoms with Gasteiger partial charge in [-0.3, -0.25) is 14.4 Å². The standard InChI is InChI=1S/C17H21Cl2N3O3/c1-10(16(24)21(2)3)20-15(23)14-5-4-6-22(14)17(25)11-7-12(18)9-13(19)8-11/h7-10,14H,4-6H2,1-3H3,(H,20,23). The maximum absolute atomic E-state index is 12.7. The van der Waals surface area contributed by atoms with Crippen LogP contribution < -0.4 is 5.32 Å². The first kappa shape index (κ1) is 19.5. The second-order valence-corrected chi connectivity index (χ2v) is 7.15. The first-order valence-corrected chi connectivity index (χ1v) is 8.75. The van der Waals surface area contributed by atoms with E-state index in [4.69, 9.17) is 23.2 Å². The molecule has 1 aliphatic rings. The Morgan fingerprint density at radius 3 is 2.36 bits per heavy atom. The predicted molar refractivity (Wildman–Crippen MR) is 96.8 cm³/mol. The third kappa shape index (κ3) is 4.64. The third-order valence-corrected chi connectivity index (χ3v) is 4.53. The Bertz CT molecular complexity index is 673. The van der Waals surface area contributed by atoms with Crippen LogP contribution in [-0.4, -0.2) is 60.2 Å². The number of likely N-dealkylation sites (N-methyl/N-ethyl adjacent to an activating group) is 1. The third-order valence-electron chi connectivity index (χ3n) is 4.10. The van der Waals surface area contributed by atoms with E-state index in [1.807, 2.05) is 0 Å². The van der Waals surface area contributed by atoms with Gasteiger partial charge in [0, 0.05) is 36.2 Å². The average molecular weight is 386 g/mol. The van der Waals surface area contributed by atoms with Gasteiger partial charge in [0.15, 0.2) is 0 Å². The lowest BCUT2D eigenvalue weighted by Gasteiger charge is -2.26. The highest BCUT2D eigenvalue weighted by Gasteiger charge is 2.35. The van der Waals surface area contributed by atoms with Crippen molar-refractivity contribution in [1.82, 2.24) is 15.1 Å². The minimum Gasteiger partial charge on any atom is -0.347 e. The second-order valence-electron chi connectivity index (χ2n) is 6.28. The van der Waals surface area contributed by atoms with Gasteiger partial charge in [-0.1, -0.05) is 23.2 Å². The molecule has 0 aromatic heterocycles. The number of nitrogens with zero attached hydrogens (tertiary/aromatic N) is 2. The number of carbonyl (C=O) groups excluding carboxylic acids is 3. The van der Waals surface area contributed by atoms with E-state index in [1.54, 1.807) is 27.1 Å². The van der Waals surface area contributed by atoms with E-state index in [-0.39, 0.29) is 17.7 Å². The molecular weight excluding hydrogens is 365 g/mol. The van der Waals surface area contributed by atoms with Crippen LogP contribution in [0.1, 0.15) is 30.1 Å². The molecule has 0 aliphatic carbocycles. The van der Waals surface area contributed by atoms with Crippen LogP contribution in [0.2, 0.25) is 10.0 Å². The molecule has 1 aromatic rings. The van der Waals surface area contributed by atoms with Crippen molar-refractivity contribution in [2.24, 2.45) is 0 Å². The lowest BCUT2D eigenvalue weighted by molar-refractivity contribution is -0.135. The highest BCUT2D eigenvalue weighted by Crippen LogP contribution is 2.24. The molecule has 2 atom stereocenters. The van der Waals surface area contributed by atoms with Crippen molar-refractivity contribution in [2.45, 2.75) is 31.8 Å². The molecule has 1 saturated heterocycles. The van der Waals surface area contributed by atoms with Crippen LogP contribution in [0.15, 0.2) is 18.2 Å². The van der Waals surface area contributed by atoms with Crippen LogP contribution in [-0.2, 0) is 9.59 Å². The van der Waals surface area contributed by atoms with Gasteiger partial charge in [-0.2, -0.15) is 0 Å². The van der Waals surface area contributed by atoms with Gasteiger partial charge >= 0.3 is 0 Å². The van der Waals surface area contributed by atoms with Crippen LogP contribution in [0, 0.1) is 0 Å². The van der Waals surface area contributed by atoms with Crippen LogP contribution in [0.25, 0.3) is 0 Å². The molecule has 0 saturated carbocycles. The van der Waals surface area contributed by atoms with Crippen LogP contribution >= 0.6 is 23.2 Å². The molecule has 1 aliphatic heterocycles. The summed E-state index contributed by atoms with van der Waals surface area (Å²) in [5.74, 6) is -0.832. The van der Waals surface area contributed by atoms with E-state index in [1.165, 1.54) is 21.9 Å². The lowest BCUT2D eigenvalue weighted by atomic mass is 10.1. The Kier molecular flexibility index (Phi) is 6.30. The summed E-state index contributed by atoms with van der Waals surface area (Å²) in [6.45, 7) is 2.09.